The number of carbonyl (C=O) groups excluding carboxylic acids is 1. The lowest BCUT2D eigenvalue weighted by Crippen LogP contribution is -2.60. The fourth-order valence-electron chi connectivity index (χ4n) is 7.26. The van der Waals surface area contributed by atoms with Crippen LogP contribution in [0.15, 0.2) is 48.6 Å². The van der Waals surface area contributed by atoms with Crippen molar-refractivity contribution < 1.29 is 50.0 Å². The summed E-state index contributed by atoms with van der Waals surface area (Å²) in [4.78, 5) is 13.0. The maximum Gasteiger partial charge on any atom is 0.249 e. The molecule has 8 N–H and O–H groups in total. The highest BCUT2D eigenvalue weighted by Crippen LogP contribution is 2.23. The van der Waals surface area contributed by atoms with Gasteiger partial charge in [0.1, 0.15) is 36.6 Å². The Morgan fingerprint density at radius 3 is 1.71 bits per heavy atom. The van der Waals surface area contributed by atoms with Gasteiger partial charge in [-0.15, -0.1) is 0 Å². The summed E-state index contributed by atoms with van der Waals surface area (Å²) >= 11 is 0. The highest BCUT2D eigenvalue weighted by Gasteiger charge is 2.44. The van der Waals surface area contributed by atoms with E-state index in [2.05, 4.69) is 48.7 Å². The Morgan fingerprint density at radius 2 is 1.14 bits per heavy atom. The summed E-state index contributed by atoms with van der Waals surface area (Å²) in [6, 6.07) is -1.19. The minimum Gasteiger partial charge on any atom is -0.394 e. The lowest BCUT2D eigenvalue weighted by Gasteiger charge is -2.40. The molecule has 0 spiro atoms. The molecule has 0 aromatic carbocycles. The summed E-state index contributed by atoms with van der Waals surface area (Å²) in [5.41, 5.74) is 0. The van der Waals surface area contributed by atoms with Gasteiger partial charge in [-0.2, -0.15) is 0 Å². The summed E-state index contributed by atoms with van der Waals surface area (Å²) in [6.07, 6.45) is 33.6. The Labute approximate surface area is 358 Å². The lowest BCUT2D eigenvalue weighted by atomic mass is 9.98. The maximum atomic E-state index is 13.0. The fraction of sp³-hybridized carbons (Fsp3) is 0.812. The summed E-state index contributed by atoms with van der Waals surface area (Å²) < 4.78 is 11.0. The molecule has 1 fully saturated rings. The average Bonchev–Trinajstić information content (AvgIpc) is 3.23. The number of hydrogen-bond donors (Lipinski definition) is 8. The largest absolute Gasteiger partial charge is 0.394 e. The number of hydrogen-bond acceptors (Lipinski definition) is 10. The van der Waals surface area contributed by atoms with E-state index in [4.69, 9.17) is 9.47 Å². The number of unbranched alkanes of at least 4 members (excludes halogenated alkanes) is 19. The SMILES string of the molecule is C/C=C/CC/C=C/CCCC(O)C(O)C(COC1OC(CO)C(O)C(O)C1O)NC(=O)C(O)CCCCCCCCCC/C=C\C/C=C\CCCCCCCCCCC. The second kappa shape index (κ2) is 37.8. The van der Waals surface area contributed by atoms with E-state index in [1.807, 2.05) is 19.1 Å². The topological polar surface area (TPSA) is 189 Å². The molecule has 9 atom stereocenters. The van der Waals surface area contributed by atoms with E-state index in [9.17, 15) is 40.5 Å². The second-order valence-corrected chi connectivity index (χ2v) is 16.5. The summed E-state index contributed by atoms with van der Waals surface area (Å²) in [5, 5.41) is 75.3. The molecule has 59 heavy (non-hydrogen) atoms. The van der Waals surface area contributed by atoms with Crippen LogP contribution in [0.25, 0.3) is 0 Å². The standard InChI is InChI=1S/C48H87NO10/c1-3-5-7-9-11-13-14-15-16-17-18-19-20-21-22-23-24-25-26-27-28-30-32-34-36-41(52)47(57)49-39(38-58-48-46(56)45(55)44(54)42(37-50)59-48)43(53)40(51)35-33-31-29-12-10-8-6-4-2/h4,6,12,18-19,21-22,29,39-46,48,50-56H,3,5,7-11,13-17,20,23-28,30-38H2,1-2H3,(H,49,57)/b6-4+,19-18-,22-21-,29-12+. The van der Waals surface area contributed by atoms with E-state index in [0.717, 1.165) is 51.4 Å². The highest BCUT2D eigenvalue weighted by molar-refractivity contribution is 5.80. The molecule has 1 aliphatic rings. The molecule has 11 nitrogen and oxygen atoms in total. The minimum absolute atomic E-state index is 0.240. The number of amides is 1. The Morgan fingerprint density at radius 1 is 0.627 bits per heavy atom. The van der Waals surface area contributed by atoms with Crippen molar-refractivity contribution in [2.75, 3.05) is 13.2 Å². The molecule has 0 radical (unpaired) electrons. The van der Waals surface area contributed by atoms with Crippen molar-refractivity contribution in [3.05, 3.63) is 48.6 Å². The third-order valence-electron chi connectivity index (χ3n) is 11.2. The van der Waals surface area contributed by atoms with Gasteiger partial charge < -0.3 is 50.5 Å². The molecule has 0 aromatic heterocycles. The Balaban J connectivity index is 2.33. The van der Waals surface area contributed by atoms with Gasteiger partial charge in [0.05, 0.1) is 25.4 Å². The van der Waals surface area contributed by atoms with Gasteiger partial charge in [-0.1, -0.05) is 152 Å². The van der Waals surface area contributed by atoms with E-state index in [-0.39, 0.29) is 12.8 Å². The Kier molecular flexibility index (Phi) is 35.3. The first kappa shape index (κ1) is 55.1. The minimum atomic E-state index is -1.67. The van der Waals surface area contributed by atoms with Crippen molar-refractivity contribution in [1.29, 1.82) is 0 Å². The van der Waals surface area contributed by atoms with Gasteiger partial charge in [0, 0.05) is 0 Å². The van der Waals surface area contributed by atoms with Crippen molar-refractivity contribution >= 4 is 5.91 Å². The zero-order valence-electron chi connectivity index (χ0n) is 37.0. The Hall–Kier alpha value is -1.93. The molecule has 0 aliphatic carbocycles. The molecule has 0 bridgehead atoms. The van der Waals surface area contributed by atoms with Crippen LogP contribution >= 0.6 is 0 Å². The van der Waals surface area contributed by atoms with Gasteiger partial charge in [-0.05, 0) is 77.6 Å². The molecule has 344 valence electrons. The van der Waals surface area contributed by atoms with E-state index in [1.165, 1.54) is 83.5 Å². The predicted octanol–water partition coefficient (Wildman–Crippen LogP) is 7.78. The molecule has 9 unspecified atom stereocenters. The van der Waals surface area contributed by atoms with Crippen LogP contribution in [0.1, 0.15) is 181 Å². The van der Waals surface area contributed by atoms with Crippen molar-refractivity contribution in [2.24, 2.45) is 0 Å². The quantitative estimate of drug-likeness (QED) is 0.0225. The van der Waals surface area contributed by atoms with Crippen LogP contribution < -0.4 is 5.32 Å². The molecule has 1 heterocycles. The zero-order chi connectivity index (χ0) is 43.4. The normalized spacial score (nSPS) is 22.2. The van der Waals surface area contributed by atoms with Crippen LogP contribution in [0.5, 0.6) is 0 Å². The molecule has 11 heteroatoms. The number of carbonyl (C=O) groups is 1. The molecular weight excluding hydrogens is 751 g/mol. The van der Waals surface area contributed by atoms with Crippen LogP contribution in [0.4, 0.5) is 0 Å². The highest BCUT2D eigenvalue weighted by atomic mass is 16.7. The third kappa shape index (κ3) is 27.6. The van der Waals surface area contributed by atoms with Crippen LogP contribution in [-0.2, 0) is 14.3 Å². The first-order valence-corrected chi connectivity index (χ1v) is 23.5. The van der Waals surface area contributed by atoms with Crippen LogP contribution in [-0.4, -0.2) is 110 Å². The van der Waals surface area contributed by atoms with Crippen LogP contribution in [0, 0.1) is 0 Å². The van der Waals surface area contributed by atoms with Gasteiger partial charge in [-0.25, -0.2) is 0 Å². The molecule has 0 saturated carbocycles. The molecule has 1 rings (SSSR count). The van der Waals surface area contributed by atoms with Crippen molar-refractivity contribution in [3.63, 3.8) is 0 Å². The second-order valence-electron chi connectivity index (χ2n) is 16.5. The monoisotopic (exact) mass is 838 g/mol. The molecule has 1 saturated heterocycles. The molecule has 0 aromatic rings. The van der Waals surface area contributed by atoms with Crippen LogP contribution in [0.2, 0.25) is 0 Å². The first-order chi connectivity index (χ1) is 28.7. The zero-order valence-corrected chi connectivity index (χ0v) is 37.0. The smallest absolute Gasteiger partial charge is 0.249 e. The average molecular weight is 838 g/mol. The van der Waals surface area contributed by atoms with E-state index in [0.29, 0.717) is 19.3 Å². The number of aliphatic hydroxyl groups is 7. The third-order valence-corrected chi connectivity index (χ3v) is 11.2. The molecule has 1 aliphatic heterocycles. The number of nitrogens with one attached hydrogen (secondary N) is 1. The molecule has 1 amide bonds. The van der Waals surface area contributed by atoms with E-state index < -0.39 is 74.2 Å². The van der Waals surface area contributed by atoms with Gasteiger partial charge in [0.15, 0.2) is 6.29 Å². The lowest BCUT2D eigenvalue weighted by molar-refractivity contribution is -0.303. The summed E-state index contributed by atoms with van der Waals surface area (Å²) in [5.74, 6) is -0.720. The van der Waals surface area contributed by atoms with Gasteiger partial charge in [0.2, 0.25) is 5.91 Å². The van der Waals surface area contributed by atoms with Crippen molar-refractivity contribution in [1.82, 2.24) is 5.32 Å². The van der Waals surface area contributed by atoms with Gasteiger partial charge in [-0.3, -0.25) is 4.79 Å². The first-order valence-electron chi connectivity index (χ1n) is 23.5. The van der Waals surface area contributed by atoms with Crippen molar-refractivity contribution in [3.8, 4) is 0 Å². The predicted molar refractivity (Wildman–Crippen MR) is 238 cm³/mol. The number of aliphatic hydroxyl groups excluding tert-OH is 7. The van der Waals surface area contributed by atoms with Crippen LogP contribution in [0.3, 0.4) is 0 Å². The van der Waals surface area contributed by atoms with Gasteiger partial charge >= 0.3 is 0 Å². The fourth-order valence-corrected chi connectivity index (χ4v) is 7.26. The van der Waals surface area contributed by atoms with Gasteiger partial charge in [0.25, 0.3) is 0 Å². The van der Waals surface area contributed by atoms with Crippen molar-refractivity contribution in [2.45, 2.75) is 236 Å². The summed E-state index contributed by atoms with van der Waals surface area (Å²) in [7, 11) is 0. The number of ether oxygens (including phenoxy) is 2. The van der Waals surface area contributed by atoms with E-state index >= 15 is 0 Å². The Bertz CT molecular complexity index is 1100. The van der Waals surface area contributed by atoms with E-state index in [1.54, 1.807) is 0 Å². The summed E-state index contributed by atoms with van der Waals surface area (Å²) in [6.45, 7) is 3.16. The maximum absolute atomic E-state index is 13.0. The molecular formula is C48H87NO10. The number of allylic oxidation sites excluding steroid dienone is 8. The number of rotatable bonds is 38.